The van der Waals surface area contributed by atoms with Crippen LogP contribution in [0.4, 0.5) is 8.78 Å². The minimum atomic E-state index is -3.70. The van der Waals surface area contributed by atoms with E-state index in [4.69, 9.17) is 4.74 Å². The average Bonchev–Trinajstić information content (AvgIpc) is 2.37. The minimum absolute atomic E-state index is 0.0507. The number of aryl methyl sites for hydroxylation is 1. The van der Waals surface area contributed by atoms with E-state index in [-0.39, 0.29) is 5.75 Å². The molecule has 100 valence electrons. The smallest absolute Gasteiger partial charge is 0.381 e. The summed E-state index contributed by atoms with van der Waals surface area (Å²) in [6, 6.07) is 4.37. The lowest BCUT2D eigenvalue weighted by molar-refractivity contribution is -0.170. The Morgan fingerprint density at radius 1 is 1.33 bits per heavy atom. The highest BCUT2D eigenvalue weighted by Gasteiger charge is 2.45. The lowest BCUT2D eigenvalue weighted by atomic mass is 10.0. The Bertz CT molecular complexity index is 430. The van der Waals surface area contributed by atoms with Crippen LogP contribution in [-0.2, 0) is 21.9 Å². The average molecular weight is 258 g/mol. The van der Waals surface area contributed by atoms with E-state index in [1.165, 1.54) is 19.2 Å². The van der Waals surface area contributed by atoms with Gasteiger partial charge < -0.3 is 9.47 Å². The van der Waals surface area contributed by atoms with Crippen LogP contribution in [0.5, 0.6) is 5.75 Å². The Labute approximate surface area is 105 Å². The number of hydrogen-bond donors (Lipinski definition) is 0. The number of ether oxygens (including phenoxy) is 2. The molecule has 5 heteroatoms. The molecule has 0 aliphatic carbocycles. The Hall–Kier alpha value is -1.65. The van der Waals surface area contributed by atoms with Gasteiger partial charge >= 0.3 is 11.9 Å². The second-order valence-corrected chi connectivity index (χ2v) is 3.81. The van der Waals surface area contributed by atoms with Crippen molar-refractivity contribution in [1.29, 1.82) is 0 Å². The molecule has 0 fully saturated rings. The molecule has 1 aromatic carbocycles. The topological polar surface area (TPSA) is 35.5 Å². The van der Waals surface area contributed by atoms with Crippen LogP contribution in [-0.4, -0.2) is 20.2 Å². The first-order valence-electron chi connectivity index (χ1n) is 5.61. The van der Waals surface area contributed by atoms with Gasteiger partial charge in [-0.2, -0.15) is 8.78 Å². The highest BCUT2D eigenvalue weighted by Crippen LogP contribution is 2.38. The third-order valence-corrected chi connectivity index (χ3v) is 2.60. The van der Waals surface area contributed by atoms with Crippen molar-refractivity contribution in [2.75, 3.05) is 14.2 Å². The van der Waals surface area contributed by atoms with Crippen molar-refractivity contribution in [3.63, 3.8) is 0 Å². The van der Waals surface area contributed by atoms with Crippen molar-refractivity contribution in [1.82, 2.24) is 0 Å². The molecule has 0 aliphatic rings. The summed E-state index contributed by atoms with van der Waals surface area (Å²) in [6.45, 7) is 1.94. The lowest BCUT2D eigenvalue weighted by Gasteiger charge is -2.19. The van der Waals surface area contributed by atoms with Crippen LogP contribution in [0.25, 0.3) is 0 Å². The Kier molecular flexibility index (Phi) is 4.64. The molecule has 0 aliphatic heterocycles. The van der Waals surface area contributed by atoms with Gasteiger partial charge in [-0.3, -0.25) is 0 Å². The van der Waals surface area contributed by atoms with Crippen molar-refractivity contribution >= 4 is 5.97 Å². The SMILES string of the molecule is CCCc1cccc(C(F)(F)C(=O)OC)c1OC. The zero-order valence-corrected chi connectivity index (χ0v) is 10.6. The van der Waals surface area contributed by atoms with Gasteiger partial charge in [-0.15, -0.1) is 0 Å². The largest absolute Gasteiger partial charge is 0.496 e. The molecule has 0 atom stereocenters. The van der Waals surface area contributed by atoms with Gasteiger partial charge in [-0.25, -0.2) is 4.79 Å². The third kappa shape index (κ3) is 2.60. The zero-order chi connectivity index (χ0) is 13.8. The summed E-state index contributed by atoms with van der Waals surface area (Å²) in [6.07, 6.45) is 1.40. The van der Waals surface area contributed by atoms with E-state index < -0.39 is 17.5 Å². The molecule has 1 aromatic rings. The molecule has 1 rings (SSSR count). The van der Waals surface area contributed by atoms with E-state index in [9.17, 15) is 13.6 Å². The minimum Gasteiger partial charge on any atom is -0.496 e. The van der Waals surface area contributed by atoms with Crippen molar-refractivity contribution < 1.29 is 23.0 Å². The number of carbonyl (C=O) groups excluding carboxylic acids is 1. The van der Waals surface area contributed by atoms with E-state index >= 15 is 0 Å². The van der Waals surface area contributed by atoms with Crippen molar-refractivity contribution in [3.8, 4) is 5.75 Å². The van der Waals surface area contributed by atoms with Gasteiger partial charge in [-0.05, 0) is 18.1 Å². The van der Waals surface area contributed by atoms with Crippen LogP contribution in [0, 0.1) is 0 Å². The lowest BCUT2D eigenvalue weighted by Crippen LogP contribution is -2.28. The highest BCUT2D eigenvalue weighted by molar-refractivity contribution is 5.80. The van der Waals surface area contributed by atoms with Crippen LogP contribution < -0.4 is 4.74 Å². The van der Waals surface area contributed by atoms with Crippen LogP contribution in [0.2, 0.25) is 0 Å². The summed E-state index contributed by atoms with van der Waals surface area (Å²) in [4.78, 5) is 11.1. The molecular formula is C13H16F2O3. The van der Waals surface area contributed by atoms with Gasteiger partial charge in [0.15, 0.2) is 0 Å². The highest BCUT2D eigenvalue weighted by atomic mass is 19.3. The van der Waals surface area contributed by atoms with Crippen LogP contribution in [0.1, 0.15) is 24.5 Å². The molecule has 18 heavy (non-hydrogen) atoms. The monoisotopic (exact) mass is 258 g/mol. The third-order valence-electron chi connectivity index (χ3n) is 2.60. The number of para-hydroxylation sites is 1. The maximum atomic E-state index is 13.9. The predicted octanol–water partition coefficient (Wildman–Crippen LogP) is 2.91. The molecule has 0 radical (unpaired) electrons. The Balaban J connectivity index is 3.31. The summed E-state index contributed by atoms with van der Waals surface area (Å²) < 4.78 is 36.9. The van der Waals surface area contributed by atoms with Crippen LogP contribution in [0.15, 0.2) is 18.2 Å². The molecule has 0 aromatic heterocycles. The second kappa shape index (κ2) is 5.80. The fourth-order valence-electron chi connectivity index (χ4n) is 1.78. The fraction of sp³-hybridized carbons (Fsp3) is 0.462. The van der Waals surface area contributed by atoms with Crippen LogP contribution in [0.3, 0.4) is 0 Å². The molecule has 0 amide bonds. The van der Waals surface area contributed by atoms with Gasteiger partial charge in [0.1, 0.15) is 5.75 Å². The molecular weight excluding hydrogens is 242 g/mol. The van der Waals surface area contributed by atoms with E-state index in [0.717, 1.165) is 13.5 Å². The summed E-state index contributed by atoms with van der Waals surface area (Å²) in [5.74, 6) is -5.24. The number of carbonyl (C=O) groups is 1. The Morgan fingerprint density at radius 2 is 2.00 bits per heavy atom. The van der Waals surface area contributed by atoms with Crippen LogP contribution >= 0.6 is 0 Å². The quantitative estimate of drug-likeness (QED) is 0.762. The molecule has 3 nitrogen and oxygen atoms in total. The van der Waals surface area contributed by atoms with E-state index in [0.29, 0.717) is 12.0 Å². The first kappa shape index (κ1) is 14.4. The molecule has 0 saturated heterocycles. The van der Waals surface area contributed by atoms with Crippen molar-refractivity contribution in [3.05, 3.63) is 29.3 Å². The normalized spacial score (nSPS) is 11.2. The summed E-state index contributed by atoms with van der Waals surface area (Å²) >= 11 is 0. The number of hydrogen-bond acceptors (Lipinski definition) is 3. The number of methoxy groups -OCH3 is 2. The van der Waals surface area contributed by atoms with E-state index in [1.807, 2.05) is 6.92 Å². The number of rotatable bonds is 5. The van der Waals surface area contributed by atoms with Gasteiger partial charge in [-0.1, -0.05) is 25.5 Å². The summed E-state index contributed by atoms with van der Waals surface area (Å²) in [5, 5.41) is 0. The van der Waals surface area contributed by atoms with E-state index in [2.05, 4.69) is 4.74 Å². The van der Waals surface area contributed by atoms with Gasteiger partial charge in [0.2, 0.25) is 0 Å². The number of alkyl halides is 2. The second-order valence-electron chi connectivity index (χ2n) is 3.81. The number of esters is 1. The molecule has 0 spiro atoms. The van der Waals surface area contributed by atoms with Gasteiger partial charge in [0.25, 0.3) is 0 Å². The number of benzene rings is 1. The molecule has 0 saturated carbocycles. The predicted molar refractivity (Wildman–Crippen MR) is 62.9 cm³/mol. The maximum Gasteiger partial charge on any atom is 0.381 e. The van der Waals surface area contributed by atoms with Crippen molar-refractivity contribution in [2.45, 2.75) is 25.7 Å². The van der Waals surface area contributed by atoms with Gasteiger partial charge in [0.05, 0.1) is 19.8 Å². The summed E-state index contributed by atoms with van der Waals surface area (Å²) in [7, 11) is 2.24. The molecule has 0 heterocycles. The fourth-order valence-corrected chi connectivity index (χ4v) is 1.78. The number of halogens is 2. The Morgan fingerprint density at radius 3 is 2.50 bits per heavy atom. The molecule has 0 bridgehead atoms. The van der Waals surface area contributed by atoms with E-state index in [1.54, 1.807) is 6.07 Å². The maximum absolute atomic E-state index is 13.9. The zero-order valence-electron chi connectivity index (χ0n) is 10.6. The molecule has 0 unspecified atom stereocenters. The van der Waals surface area contributed by atoms with Crippen molar-refractivity contribution in [2.24, 2.45) is 0 Å². The first-order chi connectivity index (χ1) is 8.48. The molecule has 0 N–H and O–H groups in total. The summed E-state index contributed by atoms with van der Waals surface area (Å²) in [5.41, 5.74) is 0.198. The first-order valence-corrected chi connectivity index (χ1v) is 5.61. The van der Waals surface area contributed by atoms with Gasteiger partial charge in [0, 0.05) is 0 Å². The standard InChI is InChI=1S/C13H16F2O3/c1-4-6-9-7-5-8-10(11(9)17-2)13(14,15)12(16)18-3/h5,7-8H,4,6H2,1-3H3.